The first kappa shape index (κ1) is 14.0. The van der Waals surface area contributed by atoms with E-state index in [0.717, 1.165) is 18.4 Å². The van der Waals surface area contributed by atoms with Gasteiger partial charge in [0.25, 0.3) is 0 Å². The Labute approximate surface area is 105 Å². The number of anilines is 1. The summed E-state index contributed by atoms with van der Waals surface area (Å²) < 4.78 is 0. The molecule has 0 atom stereocenters. The van der Waals surface area contributed by atoms with Crippen LogP contribution in [0, 0.1) is 0 Å². The lowest BCUT2D eigenvalue weighted by Gasteiger charge is -2.23. The molecule has 3 heteroatoms. The van der Waals surface area contributed by atoms with Crippen molar-refractivity contribution in [2.75, 3.05) is 18.0 Å². The fourth-order valence-electron chi connectivity index (χ4n) is 1.50. The first-order chi connectivity index (χ1) is 6.33. The van der Waals surface area contributed by atoms with Crippen LogP contribution in [0.3, 0.4) is 0 Å². The van der Waals surface area contributed by atoms with Gasteiger partial charge in [-0.2, -0.15) is 0 Å². The van der Waals surface area contributed by atoms with E-state index in [1.807, 2.05) is 0 Å². The molecule has 1 nitrogen and oxygen atoms in total. The normalized spacial score (nSPS) is 9.36. The monoisotopic (exact) mass is 321 g/mol. The third-order valence-electron chi connectivity index (χ3n) is 2.24. The van der Waals surface area contributed by atoms with Gasteiger partial charge in [-0.05, 0) is 25.5 Å². The van der Waals surface area contributed by atoms with Gasteiger partial charge < -0.3 is 4.90 Å². The van der Waals surface area contributed by atoms with Crippen molar-refractivity contribution in [2.24, 2.45) is 0 Å². The van der Waals surface area contributed by atoms with Crippen molar-refractivity contribution in [3.63, 3.8) is 0 Å². The highest BCUT2D eigenvalue weighted by Gasteiger charge is 2.05. The lowest BCUT2D eigenvalue weighted by molar-refractivity contribution is 0.861. The highest BCUT2D eigenvalue weighted by Crippen LogP contribution is 2.21. The Kier molecular flexibility index (Phi) is 7.28. The van der Waals surface area contributed by atoms with Gasteiger partial charge in [0.05, 0.1) is 0 Å². The number of halogens is 2. The number of rotatable bonds is 4. The smallest absolute Gasteiger partial charge is 0.0407 e. The molecule has 0 saturated carbocycles. The summed E-state index contributed by atoms with van der Waals surface area (Å²) in [6.45, 7) is 6.52. The molecule has 0 saturated heterocycles. The molecule has 14 heavy (non-hydrogen) atoms. The van der Waals surface area contributed by atoms with Crippen molar-refractivity contribution >= 4 is 38.6 Å². The summed E-state index contributed by atoms with van der Waals surface area (Å²) in [4.78, 5) is 2.37. The van der Waals surface area contributed by atoms with E-state index in [2.05, 4.69) is 58.9 Å². The van der Waals surface area contributed by atoms with E-state index in [1.54, 1.807) is 0 Å². The van der Waals surface area contributed by atoms with Crippen molar-refractivity contribution < 1.29 is 0 Å². The number of nitrogens with zero attached hydrogens (tertiary/aromatic N) is 1. The van der Waals surface area contributed by atoms with Crippen LogP contribution in [0.25, 0.3) is 0 Å². The Morgan fingerprint density at radius 1 is 1.14 bits per heavy atom. The predicted molar refractivity (Wildman–Crippen MR) is 73.0 cm³/mol. The zero-order valence-electron chi connectivity index (χ0n) is 8.66. The third kappa shape index (κ3) is 3.28. The van der Waals surface area contributed by atoms with E-state index >= 15 is 0 Å². The average molecular weight is 323 g/mol. The summed E-state index contributed by atoms with van der Waals surface area (Å²) in [7, 11) is 0. The first-order valence-electron chi connectivity index (χ1n) is 4.72. The minimum absolute atomic E-state index is 0. The van der Waals surface area contributed by atoms with E-state index < -0.39 is 0 Å². The minimum atomic E-state index is 0. The molecule has 0 heterocycles. The number of para-hydroxylation sites is 1. The van der Waals surface area contributed by atoms with Crippen molar-refractivity contribution in [3.8, 4) is 0 Å². The van der Waals surface area contributed by atoms with Gasteiger partial charge in [0.1, 0.15) is 0 Å². The highest BCUT2D eigenvalue weighted by molar-refractivity contribution is 9.08. The van der Waals surface area contributed by atoms with Crippen LogP contribution in [0.5, 0.6) is 0 Å². The molecule has 0 radical (unpaired) electrons. The summed E-state index contributed by atoms with van der Waals surface area (Å²) in [5.41, 5.74) is 2.72. The van der Waals surface area contributed by atoms with Crippen LogP contribution >= 0.6 is 32.9 Å². The number of alkyl halides is 1. The van der Waals surface area contributed by atoms with E-state index in [9.17, 15) is 0 Å². The fourth-order valence-corrected chi connectivity index (χ4v) is 1.97. The second kappa shape index (κ2) is 7.30. The second-order valence-electron chi connectivity index (χ2n) is 2.93. The van der Waals surface area contributed by atoms with Gasteiger partial charge in [0.15, 0.2) is 0 Å². The molecule has 0 amide bonds. The number of benzene rings is 1. The Hall–Kier alpha value is -0.0200. The zero-order chi connectivity index (χ0) is 9.68. The van der Waals surface area contributed by atoms with Crippen LogP contribution in [0.4, 0.5) is 5.69 Å². The number of hydrogen-bond acceptors (Lipinski definition) is 1. The van der Waals surface area contributed by atoms with Gasteiger partial charge in [-0.1, -0.05) is 34.1 Å². The minimum Gasteiger partial charge on any atom is -0.372 e. The molecule has 1 rings (SSSR count). The molecule has 80 valence electrons. The molecule has 1 aromatic rings. The third-order valence-corrected chi connectivity index (χ3v) is 2.84. The lowest BCUT2D eigenvalue weighted by Crippen LogP contribution is -2.22. The molecule has 0 fully saturated rings. The van der Waals surface area contributed by atoms with Gasteiger partial charge >= 0.3 is 0 Å². The molecule has 0 aromatic heterocycles. The summed E-state index contributed by atoms with van der Waals surface area (Å²) in [6, 6.07) is 8.54. The summed E-state index contributed by atoms with van der Waals surface area (Å²) in [6.07, 6.45) is 0. The van der Waals surface area contributed by atoms with Crippen molar-refractivity contribution in [1.29, 1.82) is 0 Å². The van der Waals surface area contributed by atoms with Crippen LogP contribution in [0.1, 0.15) is 19.4 Å². The van der Waals surface area contributed by atoms with E-state index in [-0.39, 0.29) is 17.0 Å². The van der Waals surface area contributed by atoms with Crippen LogP contribution in [0.15, 0.2) is 24.3 Å². The maximum absolute atomic E-state index is 3.51. The van der Waals surface area contributed by atoms with Gasteiger partial charge in [-0.25, -0.2) is 0 Å². The summed E-state index contributed by atoms with van der Waals surface area (Å²) in [5.74, 6) is 0. The molecule has 0 aliphatic carbocycles. The van der Waals surface area contributed by atoms with E-state index in [4.69, 9.17) is 0 Å². The Balaban J connectivity index is 0.00000169. The molecular formula is C11H17Br2N. The molecule has 0 unspecified atom stereocenters. The van der Waals surface area contributed by atoms with E-state index in [0.29, 0.717) is 0 Å². The predicted octanol–water partition coefficient (Wildman–Crippen LogP) is 4.01. The SMILES string of the molecule is Br.CCN(CC)c1ccccc1CBr. The molecule has 0 bridgehead atoms. The maximum Gasteiger partial charge on any atom is 0.0407 e. The van der Waals surface area contributed by atoms with Gasteiger partial charge in [-0.3, -0.25) is 0 Å². The Morgan fingerprint density at radius 3 is 2.21 bits per heavy atom. The summed E-state index contributed by atoms with van der Waals surface area (Å²) >= 11 is 3.51. The lowest BCUT2D eigenvalue weighted by atomic mass is 10.2. The van der Waals surface area contributed by atoms with E-state index in [1.165, 1.54) is 11.3 Å². The standard InChI is InChI=1S/C11H16BrN.BrH/c1-3-13(4-2)11-8-6-5-7-10(11)9-12;/h5-8H,3-4,9H2,1-2H3;1H. The quantitative estimate of drug-likeness (QED) is 0.757. The van der Waals surface area contributed by atoms with Crippen LogP contribution in [-0.2, 0) is 5.33 Å². The van der Waals surface area contributed by atoms with Crippen molar-refractivity contribution in [1.82, 2.24) is 0 Å². The highest BCUT2D eigenvalue weighted by atomic mass is 79.9. The molecule has 0 aliphatic heterocycles. The number of hydrogen-bond donors (Lipinski definition) is 0. The zero-order valence-corrected chi connectivity index (χ0v) is 12.0. The maximum atomic E-state index is 3.51. The van der Waals surface area contributed by atoms with Crippen LogP contribution < -0.4 is 4.90 Å². The first-order valence-corrected chi connectivity index (χ1v) is 5.84. The Bertz CT molecular complexity index is 259. The summed E-state index contributed by atoms with van der Waals surface area (Å²) in [5, 5.41) is 0.930. The molecule has 1 aromatic carbocycles. The molecule has 0 aliphatic rings. The second-order valence-corrected chi connectivity index (χ2v) is 3.50. The average Bonchev–Trinajstić information content (AvgIpc) is 2.20. The molecule has 0 spiro atoms. The topological polar surface area (TPSA) is 3.24 Å². The van der Waals surface area contributed by atoms with Crippen molar-refractivity contribution in [2.45, 2.75) is 19.2 Å². The Morgan fingerprint density at radius 2 is 1.71 bits per heavy atom. The van der Waals surface area contributed by atoms with Gasteiger partial charge in [0.2, 0.25) is 0 Å². The molecule has 0 N–H and O–H groups in total. The van der Waals surface area contributed by atoms with Crippen LogP contribution in [-0.4, -0.2) is 13.1 Å². The largest absolute Gasteiger partial charge is 0.372 e. The van der Waals surface area contributed by atoms with Crippen LogP contribution in [0.2, 0.25) is 0 Å². The van der Waals surface area contributed by atoms with Crippen molar-refractivity contribution in [3.05, 3.63) is 29.8 Å². The van der Waals surface area contributed by atoms with Gasteiger partial charge in [0, 0.05) is 24.1 Å². The molecular weight excluding hydrogens is 306 g/mol. The fraction of sp³-hybridized carbons (Fsp3) is 0.455. The van der Waals surface area contributed by atoms with Gasteiger partial charge in [-0.15, -0.1) is 17.0 Å².